The van der Waals surface area contributed by atoms with E-state index in [4.69, 9.17) is 20.4 Å². The minimum atomic E-state index is -2.74. The van der Waals surface area contributed by atoms with E-state index < -0.39 is 36.4 Å². The molecule has 0 saturated carbocycles. The zero-order chi connectivity index (χ0) is 10.6. The Morgan fingerprint density at radius 2 is 1.00 bits per heavy atom. The van der Waals surface area contributed by atoms with Crippen molar-refractivity contribution in [2.24, 2.45) is 0 Å². The van der Waals surface area contributed by atoms with Gasteiger partial charge in [-0.2, -0.15) is 0 Å². The van der Waals surface area contributed by atoms with E-state index in [1.54, 1.807) is 0 Å². The van der Waals surface area contributed by atoms with Crippen molar-refractivity contribution < 1.29 is 34.8 Å². The molecule has 0 unspecified atom stereocenters. The first kappa shape index (κ1) is 37.9. The molecule has 7 nitrogen and oxygen atoms in total. The van der Waals surface area contributed by atoms with E-state index in [0.717, 1.165) is 0 Å². The molecule has 0 radical (unpaired) electrons. The summed E-state index contributed by atoms with van der Waals surface area (Å²) in [5, 5.41) is 33.8. The number of hydrogen-bond donors (Lipinski definition) is 4. The van der Waals surface area contributed by atoms with E-state index >= 15 is 0 Å². The van der Waals surface area contributed by atoms with Crippen LogP contribution in [0.1, 0.15) is 12.8 Å². The normalized spacial score (nSPS) is 7.83. The topological polar surface area (TPSA) is 132 Å². The first-order chi connectivity index (χ1) is 5.78. The van der Waals surface area contributed by atoms with Crippen molar-refractivity contribution >= 4 is 188 Å². The van der Waals surface area contributed by atoms with Crippen LogP contribution in [0.15, 0.2) is 0 Å². The maximum atomic E-state index is 10.3. The zero-order valence-electron chi connectivity index (χ0n) is 6.43. The quantitative estimate of drug-likeness (QED) is 0.374. The van der Waals surface area contributed by atoms with Crippen LogP contribution in [-0.2, 0) is 14.4 Å². The molecule has 0 amide bonds. The van der Waals surface area contributed by atoms with Gasteiger partial charge in [-0.1, -0.05) is 0 Å². The molecule has 0 spiro atoms. The van der Waals surface area contributed by atoms with E-state index in [1.807, 2.05) is 0 Å². The molecule has 0 aromatic carbocycles. The molecule has 4 N–H and O–H groups in total. The molecule has 0 fully saturated rings. The molecule has 0 saturated heterocycles. The van der Waals surface area contributed by atoms with Gasteiger partial charge in [0.1, 0.15) is 0 Å². The molecule has 0 aromatic heterocycles. The van der Waals surface area contributed by atoms with Gasteiger partial charge in [-0.3, -0.25) is 9.59 Å². The fourth-order valence-electron chi connectivity index (χ4n) is 0.714. The van der Waals surface area contributed by atoms with Crippen molar-refractivity contribution in [2.45, 2.75) is 18.4 Å². The number of hydrogen-bond acceptors (Lipinski definition) is 4. The molecule has 84 valence electrons. The minimum absolute atomic E-state index is 0. The summed E-state index contributed by atoms with van der Waals surface area (Å²) < 4.78 is 0. The average Bonchev–Trinajstić information content (AvgIpc) is 1.82. The first-order valence-electron chi connectivity index (χ1n) is 3.17. The summed E-state index contributed by atoms with van der Waals surface area (Å²) in [5.74, 6) is -5.02. The molecule has 0 heterocycles. The molecule has 0 aliphatic rings. The van der Waals surface area contributed by atoms with Gasteiger partial charge >= 0.3 is 188 Å². The van der Waals surface area contributed by atoms with Gasteiger partial charge in [0.25, 0.3) is 0 Å². The molecule has 0 atom stereocenters. The summed E-state index contributed by atoms with van der Waals surface area (Å²) in [6.45, 7) is 0. The van der Waals surface area contributed by atoms with Gasteiger partial charge < -0.3 is 20.4 Å². The molecular weight excluding hydrogens is 315 g/mol. The molecule has 0 aliphatic heterocycles. The number of carbonyl (C=O) groups is 3. The fourth-order valence-corrected chi connectivity index (χ4v) is 0.714. The summed E-state index contributed by atoms with van der Waals surface area (Å²) in [6, 6.07) is 0. The Kier molecular flexibility index (Phi) is 40.1. The van der Waals surface area contributed by atoms with E-state index in [0.29, 0.717) is 0 Å². The SMILES string of the molecule is O=C(O)CC(O)(CC(=O)O)C(=O)O.[KH].[NaH].[NaH].[NaH].[NaH]. The van der Waals surface area contributed by atoms with Crippen LogP contribution in [0.4, 0.5) is 0 Å². The Hall–Kier alpha value is 4.01. The predicted molar refractivity (Wildman–Crippen MR) is 72.8 cm³/mol. The second-order valence-electron chi connectivity index (χ2n) is 2.48. The van der Waals surface area contributed by atoms with Crippen LogP contribution in [0.2, 0.25) is 0 Å². The number of aliphatic carboxylic acids is 3. The van der Waals surface area contributed by atoms with Gasteiger partial charge in [-0.25, -0.2) is 4.79 Å². The van der Waals surface area contributed by atoms with Crippen LogP contribution >= 0.6 is 0 Å². The van der Waals surface area contributed by atoms with Crippen LogP contribution in [0.3, 0.4) is 0 Å². The monoisotopic (exact) mass is 328 g/mol. The Balaban J connectivity index is -0.0000000720. The Morgan fingerprint density at radius 1 is 0.778 bits per heavy atom. The molecule has 12 heteroatoms. The van der Waals surface area contributed by atoms with Gasteiger partial charge in [0, 0.05) is 0 Å². The molecule has 0 rings (SSSR count). The number of carboxylic acid groups (broad SMARTS) is 3. The van der Waals surface area contributed by atoms with Crippen molar-refractivity contribution in [3.05, 3.63) is 0 Å². The second kappa shape index (κ2) is 19.1. The third kappa shape index (κ3) is 18.1. The third-order valence-electron chi connectivity index (χ3n) is 1.29. The van der Waals surface area contributed by atoms with E-state index in [1.165, 1.54) is 0 Å². The number of aliphatic hydroxyl groups is 1. The Morgan fingerprint density at radius 3 is 1.11 bits per heavy atom. The first-order valence-corrected chi connectivity index (χ1v) is 3.17. The van der Waals surface area contributed by atoms with Gasteiger partial charge in [0.05, 0.1) is 12.8 Å². The average molecular weight is 328 g/mol. The Labute approximate surface area is 235 Å². The molecular formula is C6H13KNa4O7. The van der Waals surface area contributed by atoms with Crippen LogP contribution < -0.4 is 0 Å². The van der Waals surface area contributed by atoms with Crippen LogP contribution in [0.25, 0.3) is 0 Å². The number of carboxylic acids is 3. The van der Waals surface area contributed by atoms with Crippen LogP contribution in [0.5, 0.6) is 0 Å². The molecule has 0 bridgehead atoms. The summed E-state index contributed by atoms with van der Waals surface area (Å²) >= 11 is 0. The Bertz CT molecular complexity index is 246. The van der Waals surface area contributed by atoms with E-state index in [-0.39, 0.29) is 170 Å². The van der Waals surface area contributed by atoms with Gasteiger partial charge in [0.15, 0.2) is 5.60 Å². The summed E-state index contributed by atoms with van der Waals surface area (Å²) in [6.07, 6.45) is -2.29. The van der Waals surface area contributed by atoms with Crippen molar-refractivity contribution in [3.63, 3.8) is 0 Å². The van der Waals surface area contributed by atoms with Crippen molar-refractivity contribution in [3.8, 4) is 0 Å². The fraction of sp³-hybridized carbons (Fsp3) is 0.500. The van der Waals surface area contributed by atoms with Crippen LogP contribution in [0, 0.1) is 0 Å². The maximum absolute atomic E-state index is 10.3. The summed E-state index contributed by atoms with van der Waals surface area (Å²) in [4.78, 5) is 30.5. The zero-order valence-corrected chi connectivity index (χ0v) is 6.43. The molecule has 18 heavy (non-hydrogen) atoms. The molecule has 0 aromatic rings. The van der Waals surface area contributed by atoms with Crippen LogP contribution in [-0.4, -0.2) is 214 Å². The second-order valence-corrected chi connectivity index (χ2v) is 2.48. The van der Waals surface area contributed by atoms with E-state index in [9.17, 15) is 14.4 Å². The van der Waals surface area contributed by atoms with Gasteiger partial charge in [0.2, 0.25) is 0 Å². The molecule has 0 aliphatic carbocycles. The van der Waals surface area contributed by atoms with Crippen molar-refractivity contribution in [1.82, 2.24) is 0 Å². The standard InChI is InChI=1S/C6H8O7.K.4Na.5H/c7-3(8)1-6(13,5(11)12)2-4(9)10;;;;;;;;;;/h13H,1-2H2,(H,7,8)(H,9,10)(H,11,12);;;;;;;;;;. The predicted octanol–water partition coefficient (Wildman–Crippen LogP) is -4.49. The van der Waals surface area contributed by atoms with Crippen molar-refractivity contribution in [2.75, 3.05) is 0 Å². The van der Waals surface area contributed by atoms with E-state index in [2.05, 4.69) is 0 Å². The number of rotatable bonds is 5. The van der Waals surface area contributed by atoms with Crippen molar-refractivity contribution in [1.29, 1.82) is 0 Å². The summed E-state index contributed by atoms with van der Waals surface area (Å²) in [5.41, 5.74) is -2.74. The summed E-state index contributed by atoms with van der Waals surface area (Å²) in [7, 11) is 0. The third-order valence-corrected chi connectivity index (χ3v) is 1.29. The van der Waals surface area contributed by atoms with Gasteiger partial charge in [-0.15, -0.1) is 0 Å². The van der Waals surface area contributed by atoms with Gasteiger partial charge in [-0.05, 0) is 0 Å².